The third kappa shape index (κ3) is 6.09. The van der Waals surface area contributed by atoms with Crippen molar-refractivity contribution in [1.29, 1.82) is 0 Å². The van der Waals surface area contributed by atoms with Gasteiger partial charge in [-0.3, -0.25) is 13.9 Å². The first-order valence-corrected chi connectivity index (χ1v) is 6.85. The molecule has 5 nitrogen and oxygen atoms in total. The second-order valence-corrected chi connectivity index (χ2v) is 7.82. The normalized spacial score (nSPS) is 11.8. The Balaban J connectivity index is 4.71. The van der Waals surface area contributed by atoms with Crippen LogP contribution in [0.15, 0.2) is 5.16 Å². The molecule has 0 rings (SSSR count). The lowest BCUT2D eigenvalue weighted by Gasteiger charge is -2.32. The maximum atomic E-state index is 12.3. The minimum Gasteiger partial charge on any atom is -0.297 e. The lowest BCUT2D eigenvalue weighted by molar-refractivity contribution is -0.128. The summed E-state index contributed by atoms with van der Waals surface area (Å²) in [6.45, 7) is 12.6. The molecule has 19 heavy (non-hydrogen) atoms. The molecule has 0 aliphatic carbocycles. The molecule has 0 N–H and O–H groups in total. The molecular weight excluding hydrogens is 264 g/mol. The summed E-state index contributed by atoms with van der Waals surface area (Å²) in [5.41, 5.74) is 0.191. The fraction of sp³-hybridized carbons (Fsp3) is 0.769. The molecule has 0 aliphatic heterocycles. The number of amides is 1. The van der Waals surface area contributed by atoms with Crippen molar-refractivity contribution < 1.29 is 14.4 Å². The maximum absolute atomic E-state index is 12.3. The van der Waals surface area contributed by atoms with Gasteiger partial charge in [0.25, 0.3) is 0 Å². The summed E-state index contributed by atoms with van der Waals surface area (Å²) in [5, 5.41) is 3.60. The molecule has 0 aliphatic rings. The molecule has 0 radical (unpaired) electrons. The van der Waals surface area contributed by atoms with E-state index in [0.29, 0.717) is 5.71 Å². The monoisotopic (exact) mass is 288 g/mol. The molecule has 0 fully saturated rings. The highest BCUT2D eigenvalue weighted by Crippen LogP contribution is 2.35. The lowest BCUT2D eigenvalue weighted by Crippen LogP contribution is -2.41. The molecule has 0 aromatic carbocycles. The van der Waals surface area contributed by atoms with Gasteiger partial charge in [-0.1, -0.05) is 25.9 Å². The highest BCUT2D eigenvalue weighted by Gasteiger charge is 2.39. The molecule has 1 amide bonds. The average molecular weight is 288 g/mol. The fourth-order valence-electron chi connectivity index (χ4n) is 1.51. The van der Waals surface area contributed by atoms with E-state index in [1.807, 2.05) is 20.8 Å². The van der Waals surface area contributed by atoms with Gasteiger partial charge in [-0.15, -0.1) is 0 Å². The van der Waals surface area contributed by atoms with Gasteiger partial charge in [0.1, 0.15) is 0 Å². The van der Waals surface area contributed by atoms with E-state index in [1.54, 1.807) is 34.7 Å². The van der Waals surface area contributed by atoms with E-state index in [-0.39, 0.29) is 5.78 Å². The smallest absolute Gasteiger partial charge is 0.297 e. The molecule has 0 saturated heterocycles. The van der Waals surface area contributed by atoms with Crippen LogP contribution in [0.1, 0.15) is 48.5 Å². The minimum atomic E-state index is -0.711. The van der Waals surface area contributed by atoms with Gasteiger partial charge in [-0.2, -0.15) is 0 Å². The molecule has 0 spiro atoms. The third-order valence-corrected chi connectivity index (χ3v) is 3.22. The van der Waals surface area contributed by atoms with E-state index < -0.39 is 16.3 Å². The van der Waals surface area contributed by atoms with E-state index in [4.69, 9.17) is 4.84 Å². The van der Waals surface area contributed by atoms with Crippen LogP contribution in [0.5, 0.6) is 0 Å². The van der Waals surface area contributed by atoms with Crippen LogP contribution in [0.2, 0.25) is 0 Å². The van der Waals surface area contributed by atoms with Crippen molar-refractivity contribution in [1.82, 2.24) is 4.31 Å². The number of ketones is 1. The van der Waals surface area contributed by atoms with Crippen LogP contribution in [0.25, 0.3) is 0 Å². The summed E-state index contributed by atoms with van der Waals surface area (Å²) < 4.78 is 0.576. The van der Waals surface area contributed by atoms with Crippen molar-refractivity contribution >= 4 is 29.5 Å². The Morgan fingerprint density at radius 1 is 1.11 bits per heavy atom. The van der Waals surface area contributed by atoms with Gasteiger partial charge < -0.3 is 0 Å². The summed E-state index contributed by atoms with van der Waals surface area (Å²) in [4.78, 5) is 28.7. The highest BCUT2D eigenvalue weighted by molar-refractivity contribution is 7.99. The van der Waals surface area contributed by atoms with Crippen LogP contribution in [0.3, 0.4) is 0 Å². The molecule has 0 bridgehead atoms. The summed E-state index contributed by atoms with van der Waals surface area (Å²) in [6, 6.07) is 0. The number of hydrogen-bond donors (Lipinski definition) is 0. The zero-order chi connectivity index (χ0) is 15.4. The van der Waals surface area contributed by atoms with Crippen molar-refractivity contribution in [3.05, 3.63) is 0 Å². The number of oxime groups is 1. The maximum Gasteiger partial charge on any atom is 0.445 e. The number of rotatable bonds is 4. The molecule has 110 valence electrons. The molecule has 6 heteroatoms. The Morgan fingerprint density at radius 3 is 1.95 bits per heavy atom. The Kier molecular flexibility index (Phi) is 6.06. The zero-order valence-corrected chi connectivity index (χ0v) is 13.8. The standard InChI is InChI=1S/C13H24N2O3S/c1-9(2)14-18-11(17)15(8)19-13(6,7)10(16)12(3,4)5/h1-8H3. The number of nitrogens with zero attached hydrogens (tertiary/aromatic N) is 2. The second-order valence-electron chi connectivity index (χ2n) is 6.07. The van der Waals surface area contributed by atoms with Gasteiger partial charge in [-0.25, -0.2) is 4.79 Å². The summed E-state index contributed by atoms with van der Waals surface area (Å²) >= 11 is 1.14. The molecule has 0 heterocycles. The minimum absolute atomic E-state index is 0.0693. The van der Waals surface area contributed by atoms with Crippen molar-refractivity contribution in [2.75, 3.05) is 7.05 Å². The molecule has 0 unspecified atom stereocenters. The van der Waals surface area contributed by atoms with Crippen molar-refractivity contribution in [2.24, 2.45) is 10.6 Å². The molecule has 0 aromatic heterocycles. The van der Waals surface area contributed by atoms with Gasteiger partial charge in [0.15, 0.2) is 5.78 Å². The first-order valence-electron chi connectivity index (χ1n) is 6.08. The molecule has 0 saturated carbocycles. The van der Waals surface area contributed by atoms with Crippen LogP contribution in [0, 0.1) is 5.41 Å². The van der Waals surface area contributed by atoms with Gasteiger partial charge >= 0.3 is 6.09 Å². The predicted octanol–water partition coefficient (Wildman–Crippen LogP) is 3.49. The van der Waals surface area contributed by atoms with Gasteiger partial charge in [0.05, 0.1) is 10.5 Å². The van der Waals surface area contributed by atoms with Crippen LogP contribution in [-0.2, 0) is 9.63 Å². The average Bonchev–Trinajstić information content (AvgIpc) is 2.22. The van der Waals surface area contributed by atoms with E-state index in [0.717, 1.165) is 11.9 Å². The Morgan fingerprint density at radius 2 is 1.58 bits per heavy atom. The quantitative estimate of drug-likeness (QED) is 0.344. The SMILES string of the molecule is CC(C)=NOC(=O)N(C)SC(C)(C)C(=O)C(C)(C)C. The van der Waals surface area contributed by atoms with E-state index in [2.05, 4.69) is 5.16 Å². The fourth-order valence-corrected chi connectivity index (χ4v) is 2.69. The largest absolute Gasteiger partial charge is 0.445 e. The van der Waals surface area contributed by atoms with Gasteiger partial charge in [-0.05, 0) is 39.6 Å². The summed E-state index contributed by atoms with van der Waals surface area (Å²) in [6.07, 6.45) is -0.596. The lowest BCUT2D eigenvalue weighted by atomic mass is 9.84. The number of hydrogen-bond acceptors (Lipinski definition) is 5. The summed E-state index contributed by atoms with van der Waals surface area (Å²) in [7, 11) is 1.56. The zero-order valence-electron chi connectivity index (χ0n) is 13.0. The van der Waals surface area contributed by atoms with E-state index in [1.165, 1.54) is 4.31 Å². The Hall–Kier alpha value is -1.04. The second kappa shape index (κ2) is 6.41. The third-order valence-electron chi connectivity index (χ3n) is 2.16. The van der Waals surface area contributed by atoms with Crippen LogP contribution < -0.4 is 0 Å². The predicted molar refractivity (Wildman–Crippen MR) is 79.2 cm³/mol. The van der Waals surface area contributed by atoms with Crippen LogP contribution in [0.4, 0.5) is 4.79 Å². The van der Waals surface area contributed by atoms with Crippen LogP contribution in [-0.4, -0.2) is 33.7 Å². The molecule has 0 aromatic rings. The first-order chi connectivity index (χ1) is 8.38. The van der Waals surface area contributed by atoms with Gasteiger partial charge in [0, 0.05) is 12.5 Å². The number of carbonyl (C=O) groups is 2. The van der Waals surface area contributed by atoms with Crippen LogP contribution >= 0.6 is 11.9 Å². The Bertz CT molecular complexity index is 380. The summed E-state index contributed by atoms with van der Waals surface area (Å²) in [5.74, 6) is 0.0693. The first kappa shape index (κ1) is 18.0. The molecule has 0 atom stereocenters. The number of Topliss-reactive ketones (excluding diaryl/α,β-unsaturated/α-hetero) is 1. The molecular formula is C13H24N2O3S. The van der Waals surface area contributed by atoms with E-state index >= 15 is 0 Å². The highest BCUT2D eigenvalue weighted by atomic mass is 32.2. The topological polar surface area (TPSA) is 59.0 Å². The number of carbonyl (C=O) groups excluding carboxylic acids is 2. The van der Waals surface area contributed by atoms with Crippen molar-refractivity contribution in [3.8, 4) is 0 Å². The van der Waals surface area contributed by atoms with Gasteiger partial charge in [0.2, 0.25) is 0 Å². The van der Waals surface area contributed by atoms with Crippen molar-refractivity contribution in [2.45, 2.75) is 53.2 Å². The van der Waals surface area contributed by atoms with E-state index in [9.17, 15) is 9.59 Å². The Labute approximate surface area is 119 Å². The van der Waals surface area contributed by atoms with Crippen molar-refractivity contribution in [3.63, 3.8) is 0 Å².